The Morgan fingerprint density at radius 1 is 1.33 bits per heavy atom. The maximum atomic E-state index is 12.9. The summed E-state index contributed by atoms with van der Waals surface area (Å²) >= 11 is 0. The molecular weight excluding hydrogens is 390 g/mol. The Bertz CT molecular complexity index is 939. The van der Waals surface area contributed by atoms with Crippen LogP contribution in [0.3, 0.4) is 0 Å². The van der Waals surface area contributed by atoms with Crippen molar-refractivity contribution in [1.82, 2.24) is 15.2 Å². The molecule has 1 aromatic carbocycles. The number of hydrazone groups is 1. The first-order valence-electron chi connectivity index (χ1n) is 9.57. The van der Waals surface area contributed by atoms with Gasteiger partial charge in [0, 0.05) is 32.1 Å². The summed E-state index contributed by atoms with van der Waals surface area (Å²) in [6.07, 6.45) is 2.71. The number of urea groups is 1. The number of nitrogens with zero attached hydrogens (tertiary/aromatic N) is 4. The summed E-state index contributed by atoms with van der Waals surface area (Å²) in [6.45, 7) is 2.32. The van der Waals surface area contributed by atoms with Crippen LogP contribution in [0.1, 0.15) is 37.1 Å². The number of nitro groups is 1. The van der Waals surface area contributed by atoms with E-state index in [4.69, 9.17) is 4.42 Å². The van der Waals surface area contributed by atoms with Gasteiger partial charge >= 0.3 is 6.03 Å². The molecular formula is C20H23N5O5. The first-order valence-corrected chi connectivity index (χ1v) is 9.57. The lowest BCUT2D eigenvalue weighted by Crippen LogP contribution is -2.43. The zero-order valence-corrected chi connectivity index (χ0v) is 16.8. The Hall–Kier alpha value is -3.69. The largest absolute Gasteiger partial charge is 0.467 e. The van der Waals surface area contributed by atoms with Crippen LogP contribution in [0.5, 0.6) is 0 Å². The number of hydrogen-bond acceptors (Lipinski definition) is 6. The van der Waals surface area contributed by atoms with Crippen LogP contribution in [-0.2, 0) is 4.79 Å². The summed E-state index contributed by atoms with van der Waals surface area (Å²) < 4.78 is 5.49. The Morgan fingerprint density at radius 2 is 2.07 bits per heavy atom. The van der Waals surface area contributed by atoms with Gasteiger partial charge in [-0.3, -0.25) is 14.9 Å². The van der Waals surface area contributed by atoms with E-state index in [-0.39, 0.29) is 24.2 Å². The number of hydrogen-bond donors (Lipinski definition) is 1. The summed E-state index contributed by atoms with van der Waals surface area (Å²) in [4.78, 5) is 36.7. The van der Waals surface area contributed by atoms with Crippen LogP contribution >= 0.6 is 0 Å². The van der Waals surface area contributed by atoms with Gasteiger partial charge < -0.3 is 14.6 Å². The molecule has 1 aliphatic heterocycles. The zero-order valence-electron chi connectivity index (χ0n) is 16.8. The Morgan fingerprint density at radius 3 is 2.67 bits per heavy atom. The van der Waals surface area contributed by atoms with Gasteiger partial charge in [-0.2, -0.15) is 5.10 Å². The number of benzene rings is 1. The molecule has 1 aromatic heterocycles. The van der Waals surface area contributed by atoms with Crippen LogP contribution in [0, 0.1) is 10.1 Å². The average Bonchev–Trinajstić information content (AvgIpc) is 3.41. The third-order valence-electron chi connectivity index (χ3n) is 4.69. The summed E-state index contributed by atoms with van der Waals surface area (Å²) in [5.74, 6) is 0.213. The second kappa shape index (κ2) is 9.21. The van der Waals surface area contributed by atoms with Gasteiger partial charge in [0.1, 0.15) is 18.3 Å². The number of furan rings is 1. The molecule has 0 bridgehead atoms. The number of nitro benzene ring substituents is 1. The van der Waals surface area contributed by atoms with Gasteiger partial charge in [0.15, 0.2) is 0 Å². The SMILES string of the molecule is CCCNC(=O)N(C)CC(=O)N1N=C(c2ccc([N+](=O)[O-])cc2)C[C@H]1c1ccco1. The third kappa shape index (κ3) is 4.65. The summed E-state index contributed by atoms with van der Waals surface area (Å²) in [5, 5.41) is 19.4. The molecule has 10 nitrogen and oxygen atoms in total. The number of carbonyl (C=O) groups is 2. The lowest BCUT2D eigenvalue weighted by atomic mass is 10.0. The fourth-order valence-corrected chi connectivity index (χ4v) is 3.11. The van der Waals surface area contributed by atoms with E-state index in [1.807, 2.05) is 6.92 Å². The van der Waals surface area contributed by atoms with E-state index in [0.717, 1.165) is 6.42 Å². The number of rotatable bonds is 7. The van der Waals surface area contributed by atoms with Crippen molar-refractivity contribution in [2.24, 2.45) is 5.10 Å². The fraction of sp³-hybridized carbons (Fsp3) is 0.350. The van der Waals surface area contributed by atoms with E-state index in [1.165, 1.54) is 28.3 Å². The molecule has 10 heteroatoms. The van der Waals surface area contributed by atoms with Crippen LogP contribution < -0.4 is 5.32 Å². The highest BCUT2D eigenvalue weighted by molar-refractivity contribution is 6.03. The van der Waals surface area contributed by atoms with Gasteiger partial charge in [-0.1, -0.05) is 6.92 Å². The number of non-ortho nitro benzene ring substituents is 1. The first-order chi connectivity index (χ1) is 14.4. The molecule has 0 saturated heterocycles. The number of likely N-dealkylation sites (N-methyl/N-ethyl adjacent to an activating group) is 1. The second-order valence-electron chi connectivity index (χ2n) is 6.91. The highest BCUT2D eigenvalue weighted by Gasteiger charge is 2.35. The van der Waals surface area contributed by atoms with Gasteiger partial charge in [-0.25, -0.2) is 9.80 Å². The molecule has 2 aromatic rings. The standard InChI is InChI=1S/C20H23N5O5/c1-3-10-21-20(27)23(2)13-19(26)24-17(18-5-4-11-30-18)12-16(22-24)14-6-8-15(9-7-14)25(28)29/h4-9,11,17H,3,10,12-13H2,1-2H3,(H,21,27)/t17-/m0/s1. The highest BCUT2D eigenvalue weighted by Crippen LogP contribution is 2.33. The predicted molar refractivity (Wildman–Crippen MR) is 109 cm³/mol. The smallest absolute Gasteiger partial charge is 0.317 e. The molecule has 0 saturated carbocycles. The maximum Gasteiger partial charge on any atom is 0.317 e. The molecule has 1 aliphatic rings. The minimum atomic E-state index is -0.471. The Balaban J connectivity index is 1.80. The van der Waals surface area contributed by atoms with Crippen LogP contribution in [-0.4, -0.2) is 52.6 Å². The lowest BCUT2D eigenvalue weighted by Gasteiger charge is -2.23. The molecule has 1 N–H and O–H groups in total. The molecule has 0 spiro atoms. The van der Waals surface area contributed by atoms with Crippen LogP contribution in [0.4, 0.5) is 10.5 Å². The number of carbonyl (C=O) groups excluding carboxylic acids is 2. The minimum absolute atomic E-state index is 0.0208. The molecule has 0 fully saturated rings. The lowest BCUT2D eigenvalue weighted by molar-refractivity contribution is -0.384. The second-order valence-corrected chi connectivity index (χ2v) is 6.91. The third-order valence-corrected chi connectivity index (χ3v) is 4.69. The van der Waals surface area contributed by atoms with E-state index in [9.17, 15) is 19.7 Å². The minimum Gasteiger partial charge on any atom is -0.467 e. The molecule has 2 heterocycles. The van der Waals surface area contributed by atoms with Crippen molar-refractivity contribution in [2.75, 3.05) is 20.1 Å². The Labute approximate surface area is 173 Å². The normalized spacial score (nSPS) is 15.6. The van der Waals surface area contributed by atoms with Gasteiger partial charge in [-0.05, 0) is 36.2 Å². The molecule has 3 rings (SSSR count). The monoisotopic (exact) mass is 413 g/mol. The van der Waals surface area contributed by atoms with Gasteiger partial charge in [-0.15, -0.1) is 0 Å². The van der Waals surface area contributed by atoms with E-state index in [0.29, 0.717) is 30.0 Å². The summed E-state index contributed by atoms with van der Waals surface area (Å²) in [5.41, 5.74) is 1.27. The molecule has 30 heavy (non-hydrogen) atoms. The molecule has 158 valence electrons. The van der Waals surface area contributed by atoms with Crippen molar-refractivity contribution >= 4 is 23.3 Å². The van der Waals surface area contributed by atoms with Gasteiger partial charge in [0.2, 0.25) is 0 Å². The van der Waals surface area contributed by atoms with Crippen molar-refractivity contribution in [3.63, 3.8) is 0 Å². The van der Waals surface area contributed by atoms with E-state index in [1.54, 1.807) is 31.3 Å². The highest BCUT2D eigenvalue weighted by atomic mass is 16.6. The van der Waals surface area contributed by atoms with Crippen LogP contribution in [0.2, 0.25) is 0 Å². The molecule has 3 amide bonds. The molecule has 0 aliphatic carbocycles. The van der Waals surface area contributed by atoms with Crippen LogP contribution in [0.15, 0.2) is 52.2 Å². The summed E-state index contributed by atoms with van der Waals surface area (Å²) in [6, 6.07) is 8.71. The number of nitrogens with one attached hydrogen (secondary N) is 1. The zero-order chi connectivity index (χ0) is 21.7. The molecule has 0 unspecified atom stereocenters. The van der Waals surface area contributed by atoms with Crippen molar-refractivity contribution in [1.29, 1.82) is 0 Å². The summed E-state index contributed by atoms with van der Waals surface area (Å²) in [7, 11) is 1.54. The van der Waals surface area contributed by atoms with Gasteiger partial charge in [0.25, 0.3) is 11.6 Å². The quantitative estimate of drug-likeness (QED) is 0.552. The maximum absolute atomic E-state index is 12.9. The average molecular weight is 413 g/mol. The Kier molecular flexibility index (Phi) is 6.45. The van der Waals surface area contributed by atoms with E-state index < -0.39 is 11.0 Å². The van der Waals surface area contributed by atoms with Crippen molar-refractivity contribution < 1.29 is 18.9 Å². The van der Waals surface area contributed by atoms with E-state index in [2.05, 4.69) is 10.4 Å². The van der Waals surface area contributed by atoms with Gasteiger partial charge in [0.05, 0.1) is 16.9 Å². The van der Waals surface area contributed by atoms with Crippen LogP contribution in [0.25, 0.3) is 0 Å². The topological polar surface area (TPSA) is 121 Å². The predicted octanol–water partition coefficient (Wildman–Crippen LogP) is 2.92. The van der Waals surface area contributed by atoms with Crippen molar-refractivity contribution in [3.05, 3.63) is 64.1 Å². The fourth-order valence-electron chi connectivity index (χ4n) is 3.11. The molecule has 1 atom stereocenters. The van der Waals surface area contributed by atoms with Crippen molar-refractivity contribution in [3.8, 4) is 0 Å². The molecule has 0 radical (unpaired) electrons. The number of amides is 3. The van der Waals surface area contributed by atoms with Crippen molar-refractivity contribution in [2.45, 2.75) is 25.8 Å². The van der Waals surface area contributed by atoms with E-state index >= 15 is 0 Å². The first kappa shape index (κ1) is 21.0.